The first-order valence-corrected chi connectivity index (χ1v) is 10.7. The number of rotatable bonds is 10. The number of benzene rings is 1. The van der Waals surface area contributed by atoms with Crippen LogP contribution >= 0.6 is 11.3 Å². The van der Waals surface area contributed by atoms with E-state index >= 15 is 0 Å². The highest BCUT2D eigenvalue weighted by Crippen LogP contribution is 2.26. The Morgan fingerprint density at radius 3 is 2.43 bits per heavy atom. The van der Waals surface area contributed by atoms with Crippen molar-refractivity contribution in [3.05, 3.63) is 29.8 Å². The fraction of sp³-hybridized carbons (Fsp3) is 0.524. The van der Waals surface area contributed by atoms with Crippen LogP contribution in [0.25, 0.3) is 10.6 Å². The molecular weight excluding hydrogens is 372 g/mol. The molecule has 2 rings (SSSR count). The maximum absolute atomic E-state index is 12.7. The zero-order valence-corrected chi connectivity index (χ0v) is 17.9. The molecule has 2 amide bonds. The molecule has 7 heteroatoms. The molecule has 0 bridgehead atoms. The lowest BCUT2D eigenvalue weighted by Gasteiger charge is -2.21. The molecule has 0 fully saturated rings. The highest BCUT2D eigenvalue weighted by atomic mass is 32.1. The molecule has 2 aromatic rings. The van der Waals surface area contributed by atoms with Crippen molar-refractivity contribution < 1.29 is 9.59 Å². The molecule has 1 aromatic carbocycles. The summed E-state index contributed by atoms with van der Waals surface area (Å²) < 4.78 is 0. The Labute approximate surface area is 171 Å². The quantitative estimate of drug-likeness (QED) is 0.571. The number of carbonyl (C=O) groups is 2. The number of nitrogens with zero attached hydrogens (tertiary/aromatic N) is 2. The van der Waals surface area contributed by atoms with Gasteiger partial charge in [0, 0.05) is 12.0 Å². The van der Waals surface area contributed by atoms with Crippen LogP contribution in [0.15, 0.2) is 24.3 Å². The van der Waals surface area contributed by atoms with E-state index in [0.717, 1.165) is 36.3 Å². The van der Waals surface area contributed by atoms with Crippen LogP contribution in [0.1, 0.15) is 58.4 Å². The topological polar surface area (TPSA) is 84.0 Å². The van der Waals surface area contributed by atoms with Gasteiger partial charge in [0.25, 0.3) is 0 Å². The Morgan fingerprint density at radius 1 is 1.07 bits per heavy atom. The molecule has 0 radical (unpaired) electrons. The first-order valence-electron chi connectivity index (χ1n) is 9.91. The Bertz CT molecular complexity index is 771. The maximum atomic E-state index is 12.7. The summed E-state index contributed by atoms with van der Waals surface area (Å²) in [7, 11) is 0. The Balaban J connectivity index is 1.94. The van der Waals surface area contributed by atoms with Gasteiger partial charge in [0.1, 0.15) is 11.0 Å². The van der Waals surface area contributed by atoms with Gasteiger partial charge in [-0.2, -0.15) is 0 Å². The van der Waals surface area contributed by atoms with E-state index in [1.165, 1.54) is 16.9 Å². The lowest BCUT2D eigenvalue weighted by Crippen LogP contribution is -2.47. The minimum atomic E-state index is -0.592. The molecule has 1 heterocycles. The zero-order valence-electron chi connectivity index (χ0n) is 17.1. The van der Waals surface area contributed by atoms with Crippen LogP contribution in [-0.4, -0.2) is 28.1 Å². The summed E-state index contributed by atoms with van der Waals surface area (Å²) in [4.78, 5) is 24.8. The van der Waals surface area contributed by atoms with Crippen LogP contribution in [0.4, 0.5) is 5.13 Å². The second kappa shape index (κ2) is 10.9. The van der Waals surface area contributed by atoms with E-state index in [0.29, 0.717) is 11.6 Å². The van der Waals surface area contributed by atoms with Crippen molar-refractivity contribution in [2.45, 2.75) is 65.8 Å². The monoisotopic (exact) mass is 402 g/mol. The number of hydrogen-bond acceptors (Lipinski definition) is 5. The number of anilines is 1. The Morgan fingerprint density at radius 2 is 1.79 bits per heavy atom. The first-order chi connectivity index (χ1) is 13.4. The van der Waals surface area contributed by atoms with Gasteiger partial charge in [-0.1, -0.05) is 81.2 Å². The van der Waals surface area contributed by atoms with Crippen LogP contribution in [-0.2, 0) is 9.59 Å². The van der Waals surface area contributed by atoms with E-state index in [-0.39, 0.29) is 17.7 Å². The van der Waals surface area contributed by atoms with Crippen molar-refractivity contribution in [1.29, 1.82) is 0 Å². The SMILES string of the molecule is CCCCCCC(=O)N[C@@H](C(=O)Nc1nnc(-c2ccc(C)cc2)s1)C(C)C. The summed E-state index contributed by atoms with van der Waals surface area (Å²) in [5.74, 6) is -0.366. The first kappa shape index (κ1) is 22.0. The number of hydrogen-bond donors (Lipinski definition) is 2. The minimum Gasteiger partial charge on any atom is -0.344 e. The van der Waals surface area contributed by atoms with Gasteiger partial charge < -0.3 is 5.32 Å². The summed E-state index contributed by atoms with van der Waals surface area (Å²) in [5, 5.41) is 15.1. The highest BCUT2D eigenvalue weighted by molar-refractivity contribution is 7.18. The number of aryl methyl sites for hydroxylation is 1. The van der Waals surface area contributed by atoms with Crippen LogP contribution in [0, 0.1) is 12.8 Å². The molecule has 2 N–H and O–H groups in total. The molecule has 0 aliphatic carbocycles. The molecule has 28 heavy (non-hydrogen) atoms. The van der Waals surface area contributed by atoms with E-state index in [4.69, 9.17) is 0 Å². The van der Waals surface area contributed by atoms with Crippen molar-refractivity contribution in [2.75, 3.05) is 5.32 Å². The molecule has 0 aliphatic rings. The summed E-state index contributed by atoms with van der Waals surface area (Å²) in [6.45, 7) is 8.00. The number of aromatic nitrogens is 2. The van der Waals surface area contributed by atoms with Gasteiger partial charge in [0.2, 0.25) is 16.9 Å². The predicted molar refractivity (Wildman–Crippen MR) is 114 cm³/mol. The molecule has 0 unspecified atom stereocenters. The lowest BCUT2D eigenvalue weighted by molar-refractivity contribution is -0.127. The van der Waals surface area contributed by atoms with E-state index < -0.39 is 6.04 Å². The van der Waals surface area contributed by atoms with Gasteiger partial charge in [-0.3, -0.25) is 14.9 Å². The average molecular weight is 403 g/mol. The normalized spacial score (nSPS) is 12.0. The molecule has 152 valence electrons. The third-order valence-electron chi connectivity index (χ3n) is 4.48. The maximum Gasteiger partial charge on any atom is 0.249 e. The van der Waals surface area contributed by atoms with Crippen molar-refractivity contribution in [2.24, 2.45) is 5.92 Å². The second-order valence-electron chi connectivity index (χ2n) is 7.37. The fourth-order valence-corrected chi connectivity index (χ4v) is 3.51. The van der Waals surface area contributed by atoms with Gasteiger partial charge in [0.15, 0.2) is 0 Å². The molecule has 0 aliphatic heterocycles. The van der Waals surface area contributed by atoms with Gasteiger partial charge in [-0.25, -0.2) is 0 Å². The molecular formula is C21H30N4O2S. The third-order valence-corrected chi connectivity index (χ3v) is 5.36. The van der Waals surface area contributed by atoms with E-state index in [1.54, 1.807) is 0 Å². The third kappa shape index (κ3) is 6.71. The van der Waals surface area contributed by atoms with E-state index in [2.05, 4.69) is 27.8 Å². The van der Waals surface area contributed by atoms with Crippen LogP contribution in [0.3, 0.4) is 0 Å². The van der Waals surface area contributed by atoms with Crippen molar-refractivity contribution in [1.82, 2.24) is 15.5 Å². The smallest absolute Gasteiger partial charge is 0.249 e. The number of nitrogens with one attached hydrogen (secondary N) is 2. The molecule has 1 atom stereocenters. The zero-order chi connectivity index (χ0) is 20.5. The van der Waals surface area contributed by atoms with Gasteiger partial charge in [-0.05, 0) is 19.3 Å². The standard InChI is InChI=1S/C21H30N4O2S/c1-5-6-7-8-9-17(26)22-18(14(2)3)19(27)23-21-25-24-20(28-21)16-12-10-15(4)11-13-16/h10-14,18H,5-9H2,1-4H3,(H,22,26)(H,23,25,27)/t18-/m1/s1. The Hall–Kier alpha value is -2.28. The average Bonchev–Trinajstić information content (AvgIpc) is 3.12. The molecule has 1 aromatic heterocycles. The van der Waals surface area contributed by atoms with Gasteiger partial charge in [0.05, 0.1) is 0 Å². The van der Waals surface area contributed by atoms with Gasteiger partial charge in [-0.15, -0.1) is 10.2 Å². The van der Waals surface area contributed by atoms with Crippen LogP contribution < -0.4 is 10.6 Å². The van der Waals surface area contributed by atoms with Crippen LogP contribution in [0.2, 0.25) is 0 Å². The van der Waals surface area contributed by atoms with E-state index in [1.807, 2.05) is 45.0 Å². The van der Waals surface area contributed by atoms with Crippen molar-refractivity contribution in [3.63, 3.8) is 0 Å². The molecule has 0 spiro atoms. The van der Waals surface area contributed by atoms with Gasteiger partial charge >= 0.3 is 0 Å². The lowest BCUT2D eigenvalue weighted by atomic mass is 10.0. The molecule has 0 saturated heterocycles. The van der Waals surface area contributed by atoms with E-state index in [9.17, 15) is 9.59 Å². The summed E-state index contributed by atoms with van der Waals surface area (Å²) in [6.07, 6.45) is 4.59. The molecule has 6 nitrogen and oxygen atoms in total. The molecule has 0 saturated carbocycles. The number of amides is 2. The highest BCUT2D eigenvalue weighted by Gasteiger charge is 2.25. The largest absolute Gasteiger partial charge is 0.344 e. The van der Waals surface area contributed by atoms with Crippen LogP contribution in [0.5, 0.6) is 0 Å². The number of carbonyl (C=O) groups excluding carboxylic acids is 2. The fourth-order valence-electron chi connectivity index (χ4n) is 2.76. The summed E-state index contributed by atoms with van der Waals surface area (Å²) >= 11 is 1.32. The Kier molecular flexibility index (Phi) is 8.57. The van der Waals surface area contributed by atoms with Crippen molar-refractivity contribution >= 4 is 28.3 Å². The summed E-state index contributed by atoms with van der Waals surface area (Å²) in [6, 6.07) is 7.40. The predicted octanol–water partition coefficient (Wildman–Crippen LogP) is 4.56. The summed E-state index contributed by atoms with van der Waals surface area (Å²) in [5.41, 5.74) is 2.14. The van der Waals surface area contributed by atoms with Crippen molar-refractivity contribution in [3.8, 4) is 10.6 Å². The second-order valence-corrected chi connectivity index (χ2v) is 8.35. The minimum absolute atomic E-state index is 0.0240. The number of unbranched alkanes of at least 4 members (excludes halogenated alkanes) is 3.